The van der Waals surface area contributed by atoms with Crippen molar-refractivity contribution in [2.75, 3.05) is 18.0 Å². The SMILES string of the molecule is CC1CCN(c2ccnc(Br)c2)CC1. The van der Waals surface area contributed by atoms with E-state index in [1.54, 1.807) is 0 Å². The first-order valence-corrected chi connectivity index (χ1v) is 5.91. The molecular formula is C11H15BrN2. The van der Waals surface area contributed by atoms with Gasteiger partial charge in [-0.3, -0.25) is 0 Å². The second kappa shape index (κ2) is 4.30. The molecule has 1 fully saturated rings. The summed E-state index contributed by atoms with van der Waals surface area (Å²) in [7, 11) is 0. The molecule has 2 rings (SSSR count). The molecule has 0 unspecified atom stereocenters. The molecule has 76 valence electrons. The summed E-state index contributed by atoms with van der Waals surface area (Å²) in [5.41, 5.74) is 1.29. The van der Waals surface area contributed by atoms with Crippen LogP contribution in [0.5, 0.6) is 0 Å². The van der Waals surface area contributed by atoms with Crippen LogP contribution in [0.1, 0.15) is 19.8 Å². The summed E-state index contributed by atoms with van der Waals surface area (Å²) >= 11 is 3.40. The molecule has 2 heterocycles. The van der Waals surface area contributed by atoms with Crippen LogP contribution >= 0.6 is 15.9 Å². The molecule has 0 saturated carbocycles. The lowest BCUT2D eigenvalue weighted by Gasteiger charge is -2.32. The molecule has 14 heavy (non-hydrogen) atoms. The Morgan fingerprint density at radius 1 is 1.43 bits per heavy atom. The molecule has 2 nitrogen and oxygen atoms in total. The highest BCUT2D eigenvalue weighted by atomic mass is 79.9. The number of hydrogen-bond donors (Lipinski definition) is 0. The Balaban J connectivity index is 2.08. The van der Waals surface area contributed by atoms with Gasteiger partial charge in [-0.05, 0) is 46.8 Å². The third-order valence-corrected chi connectivity index (χ3v) is 3.29. The van der Waals surface area contributed by atoms with E-state index in [0.29, 0.717) is 0 Å². The van der Waals surface area contributed by atoms with Gasteiger partial charge in [-0.1, -0.05) is 6.92 Å². The number of halogens is 1. The Labute approximate surface area is 93.5 Å². The summed E-state index contributed by atoms with van der Waals surface area (Å²) in [6, 6.07) is 4.18. The Bertz CT molecular complexity index is 306. The zero-order valence-corrected chi connectivity index (χ0v) is 10.00. The highest BCUT2D eigenvalue weighted by Crippen LogP contribution is 2.23. The van der Waals surface area contributed by atoms with E-state index < -0.39 is 0 Å². The van der Waals surface area contributed by atoms with E-state index in [9.17, 15) is 0 Å². The first-order chi connectivity index (χ1) is 6.75. The van der Waals surface area contributed by atoms with Gasteiger partial charge in [-0.25, -0.2) is 4.98 Å². The van der Waals surface area contributed by atoms with E-state index in [2.05, 4.69) is 44.9 Å². The molecule has 0 radical (unpaired) electrons. The normalized spacial score (nSPS) is 18.6. The van der Waals surface area contributed by atoms with Crippen LogP contribution in [0.3, 0.4) is 0 Å². The minimum Gasteiger partial charge on any atom is -0.371 e. The fourth-order valence-electron chi connectivity index (χ4n) is 1.86. The number of hydrogen-bond acceptors (Lipinski definition) is 2. The molecule has 1 saturated heterocycles. The molecule has 0 bridgehead atoms. The van der Waals surface area contributed by atoms with Crippen LogP contribution < -0.4 is 4.90 Å². The topological polar surface area (TPSA) is 16.1 Å². The van der Waals surface area contributed by atoms with Gasteiger partial charge in [0, 0.05) is 25.0 Å². The Morgan fingerprint density at radius 3 is 2.79 bits per heavy atom. The Hall–Kier alpha value is -0.570. The van der Waals surface area contributed by atoms with Crippen molar-refractivity contribution in [3.05, 3.63) is 22.9 Å². The van der Waals surface area contributed by atoms with Crippen LogP contribution in [0.4, 0.5) is 5.69 Å². The zero-order chi connectivity index (χ0) is 9.97. The van der Waals surface area contributed by atoms with Gasteiger partial charge in [-0.15, -0.1) is 0 Å². The van der Waals surface area contributed by atoms with Gasteiger partial charge >= 0.3 is 0 Å². The minimum atomic E-state index is 0.886. The summed E-state index contributed by atoms with van der Waals surface area (Å²) in [5.74, 6) is 0.886. The maximum Gasteiger partial charge on any atom is 0.108 e. The molecule has 1 aliphatic heterocycles. The second-order valence-electron chi connectivity index (χ2n) is 4.01. The number of piperidine rings is 1. The van der Waals surface area contributed by atoms with Crippen LogP contribution in [0.2, 0.25) is 0 Å². The largest absolute Gasteiger partial charge is 0.371 e. The maximum atomic E-state index is 4.14. The second-order valence-corrected chi connectivity index (χ2v) is 4.82. The van der Waals surface area contributed by atoms with E-state index in [1.807, 2.05) is 6.20 Å². The molecule has 1 aromatic rings. The molecule has 1 aromatic heterocycles. The monoisotopic (exact) mass is 254 g/mol. The van der Waals surface area contributed by atoms with E-state index in [4.69, 9.17) is 0 Å². The average molecular weight is 255 g/mol. The summed E-state index contributed by atoms with van der Waals surface area (Å²) in [6.45, 7) is 4.69. The molecule has 0 spiro atoms. The predicted octanol–water partition coefficient (Wildman–Crippen LogP) is 3.08. The summed E-state index contributed by atoms with van der Waals surface area (Å²) in [4.78, 5) is 6.58. The third kappa shape index (κ3) is 2.27. The fraction of sp³-hybridized carbons (Fsp3) is 0.545. The predicted molar refractivity (Wildman–Crippen MR) is 62.5 cm³/mol. The van der Waals surface area contributed by atoms with E-state index in [1.165, 1.54) is 31.6 Å². The van der Waals surface area contributed by atoms with Crippen molar-refractivity contribution in [2.45, 2.75) is 19.8 Å². The van der Waals surface area contributed by atoms with Gasteiger partial charge in [-0.2, -0.15) is 0 Å². The first kappa shape index (κ1) is 9.97. The van der Waals surface area contributed by atoms with Gasteiger partial charge in [0.25, 0.3) is 0 Å². The van der Waals surface area contributed by atoms with Crippen molar-refractivity contribution in [3.8, 4) is 0 Å². The highest BCUT2D eigenvalue weighted by molar-refractivity contribution is 9.10. The highest BCUT2D eigenvalue weighted by Gasteiger charge is 2.15. The number of nitrogens with zero attached hydrogens (tertiary/aromatic N) is 2. The number of anilines is 1. The van der Waals surface area contributed by atoms with E-state index in [0.717, 1.165) is 10.5 Å². The summed E-state index contributed by atoms with van der Waals surface area (Å²) < 4.78 is 0.925. The van der Waals surface area contributed by atoms with Gasteiger partial charge < -0.3 is 4.90 Å². The van der Waals surface area contributed by atoms with Gasteiger partial charge in [0.2, 0.25) is 0 Å². The van der Waals surface area contributed by atoms with Crippen molar-refractivity contribution < 1.29 is 0 Å². The molecule has 3 heteroatoms. The van der Waals surface area contributed by atoms with Gasteiger partial charge in [0.05, 0.1) is 0 Å². The summed E-state index contributed by atoms with van der Waals surface area (Å²) in [6.07, 6.45) is 4.47. The third-order valence-electron chi connectivity index (χ3n) is 2.86. The summed E-state index contributed by atoms with van der Waals surface area (Å²) in [5, 5.41) is 0. The first-order valence-electron chi connectivity index (χ1n) is 5.12. The van der Waals surface area contributed by atoms with Crippen LogP contribution in [0.15, 0.2) is 22.9 Å². The van der Waals surface area contributed by atoms with Crippen molar-refractivity contribution in [2.24, 2.45) is 5.92 Å². The lowest BCUT2D eigenvalue weighted by molar-refractivity contribution is 0.438. The molecule has 1 aliphatic rings. The van der Waals surface area contributed by atoms with E-state index >= 15 is 0 Å². The van der Waals surface area contributed by atoms with Crippen molar-refractivity contribution in [1.29, 1.82) is 0 Å². The van der Waals surface area contributed by atoms with Crippen LogP contribution in [0, 0.1) is 5.92 Å². The molecular weight excluding hydrogens is 240 g/mol. The average Bonchev–Trinajstić information content (AvgIpc) is 2.19. The Morgan fingerprint density at radius 2 is 2.14 bits per heavy atom. The number of rotatable bonds is 1. The number of pyridine rings is 1. The van der Waals surface area contributed by atoms with Crippen LogP contribution in [-0.4, -0.2) is 18.1 Å². The molecule has 0 aromatic carbocycles. The van der Waals surface area contributed by atoms with Gasteiger partial charge in [0.15, 0.2) is 0 Å². The lowest BCUT2D eigenvalue weighted by atomic mass is 9.99. The molecule has 0 amide bonds. The quantitative estimate of drug-likeness (QED) is 0.717. The van der Waals surface area contributed by atoms with Crippen LogP contribution in [-0.2, 0) is 0 Å². The van der Waals surface area contributed by atoms with Crippen molar-refractivity contribution in [3.63, 3.8) is 0 Å². The van der Waals surface area contributed by atoms with Crippen molar-refractivity contribution in [1.82, 2.24) is 4.98 Å². The van der Waals surface area contributed by atoms with E-state index in [-0.39, 0.29) is 0 Å². The lowest BCUT2D eigenvalue weighted by Crippen LogP contribution is -2.32. The smallest absolute Gasteiger partial charge is 0.108 e. The zero-order valence-electron chi connectivity index (χ0n) is 8.41. The minimum absolute atomic E-state index is 0.886. The molecule has 0 atom stereocenters. The maximum absolute atomic E-state index is 4.14. The number of aromatic nitrogens is 1. The molecule has 0 N–H and O–H groups in total. The fourth-order valence-corrected chi connectivity index (χ4v) is 2.21. The molecule has 0 aliphatic carbocycles. The van der Waals surface area contributed by atoms with Gasteiger partial charge in [0.1, 0.15) is 4.60 Å². The standard InChI is InChI=1S/C11H15BrN2/c1-9-3-6-14(7-4-9)10-2-5-13-11(12)8-10/h2,5,8-9H,3-4,6-7H2,1H3. The van der Waals surface area contributed by atoms with Crippen LogP contribution in [0.25, 0.3) is 0 Å². The Kier molecular flexibility index (Phi) is 3.06. The van der Waals surface area contributed by atoms with Crippen molar-refractivity contribution >= 4 is 21.6 Å².